The summed E-state index contributed by atoms with van der Waals surface area (Å²) in [7, 11) is -3.40. The van der Waals surface area contributed by atoms with E-state index < -0.39 is 16.0 Å². The van der Waals surface area contributed by atoms with Gasteiger partial charge in [0.1, 0.15) is 0 Å². The molecule has 0 saturated carbocycles. The van der Waals surface area contributed by atoms with Crippen molar-refractivity contribution in [2.24, 2.45) is 0 Å². The molecular formula is C9H19NO5S. The van der Waals surface area contributed by atoms with Gasteiger partial charge >= 0.3 is 5.97 Å². The SMILES string of the molecule is CCOCCS(=O)(=O)N(CC)CCC(=O)O. The predicted octanol–water partition coefficient (Wildman–Crippen LogP) is 0.149. The third-order valence-corrected chi connectivity index (χ3v) is 3.92. The first kappa shape index (κ1) is 15.3. The first-order valence-corrected chi connectivity index (χ1v) is 6.82. The van der Waals surface area contributed by atoms with Crippen molar-refractivity contribution >= 4 is 16.0 Å². The molecule has 96 valence electrons. The van der Waals surface area contributed by atoms with Crippen LogP contribution in [0.1, 0.15) is 20.3 Å². The smallest absolute Gasteiger partial charge is 0.304 e. The second-order valence-corrected chi connectivity index (χ2v) is 5.24. The molecule has 0 unspecified atom stereocenters. The van der Waals surface area contributed by atoms with Crippen LogP contribution in [0.25, 0.3) is 0 Å². The normalized spacial score (nSPS) is 11.9. The van der Waals surface area contributed by atoms with E-state index in [1.807, 2.05) is 0 Å². The number of carboxylic acids is 1. The zero-order valence-corrected chi connectivity index (χ0v) is 10.5. The van der Waals surface area contributed by atoms with Crippen molar-refractivity contribution in [3.63, 3.8) is 0 Å². The summed E-state index contributed by atoms with van der Waals surface area (Å²) in [5.41, 5.74) is 0. The number of rotatable bonds is 9. The maximum Gasteiger partial charge on any atom is 0.304 e. The van der Waals surface area contributed by atoms with E-state index >= 15 is 0 Å². The van der Waals surface area contributed by atoms with Crippen molar-refractivity contribution < 1.29 is 23.1 Å². The summed E-state index contributed by atoms with van der Waals surface area (Å²) in [4.78, 5) is 10.4. The molecule has 0 saturated heterocycles. The number of ether oxygens (including phenoxy) is 1. The first-order chi connectivity index (χ1) is 7.44. The van der Waals surface area contributed by atoms with Crippen LogP contribution < -0.4 is 0 Å². The molecular weight excluding hydrogens is 234 g/mol. The number of carboxylic acid groups (broad SMARTS) is 1. The van der Waals surface area contributed by atoms with E-state index in [9.17, 15) is 13.2 Å². The second-order valence-electron chi connectivity index (χ2n) is 3.15. The van der Waals surface area contributed by atoms with Gasteiger partial charge in [-0.1, -0.05) is 6.92 Å². The fourth-order valence-electron chi connectivity index (χ4n) is 1.15. The van der Waals surface area contributed by atoms with Gasteiger partial charge in [0.15, 0.2) is 0 Å². The van der Waals surface area contributed by atoms with E-state index in [-0.39, 0.29) is 31.9 Å². The molecule has 0 aliphatic rings. The van der Waals surface area contributed by atoms with E-state index in [4.69, 9.17) is 9.84 Å². The highest BCUT2D eigenvalue weighted by Gasteiger charge is 2.20. The molecule has 0 aliphatic carbocycles. The minimum atomic E-state index is -3.40. The van der Waals surface area contributed by atoms with Gasteiger partial charge in [-0.3, -0.25) is 4.79 Å². The summed E-state index contributed by atoms with van der Waals surface area (Å²) >= 11 is 0. The lowest BCUT2D eigenvalue weighted by Crippen LogP contribution is -2.35. The highest BCUT2D eigenvalue weighted by Crippen LogP contribution is 2.03. The Labute approximate surface area is 96.2 Å². The summed E-state index contributed by atoms with van der Waals surface area (Å²) in [6.07, 6.45) is -0.179. The number of sulfonamides is 1. The Kier molecular flexibility index (Phi) is 7.27. The Morgan fingerprint density at radius 2 is 2.00 bits per heavy atom. The predicted molar refractivity (Wildman–Crippen MR) is 59.8 cm³/mol. The van der Waals surface area contributed by atoms with Gasteiger partial charge in [0.25, 0.3) is 0 Å². The average Bonchev–Trinajstić information content (AvgIpc) is 2.18. The topological polar surface area (TPSA) is 83.9 Å². The van der Waals surface area contributed by atoms with Crippen LogP contribution in [0.15, 0.2) is 0 Å². The fraction of sp³-hybridized carbons (Fsp3) is 0.889. The largest absolute Gasteiger partial charge is 0.481 e. The van der Waals surface area contributed by atoms with Crippen molar-refractivity contribution in [2.75, 3.05) is 32.1 Å². The van der Waals surface area contributed by atoms with Gasteiger partial charge in [-0.15, -0.1) is 0 Å². The molecule has 0 aromatic carbocycles. The molecule has 6 nitrogen and oxygen atoms in total. The van der Waals surface area contributed by atoms with Gasteiger partial charge in [0.2, 0.25) is 10.0 Å². The van der Waals surface area contributed by atoms with E-state index in [0.29, 0.717) is 6.61 Å². The van der Waals surface area contributed by atoms with Crippen molar-refractivity contribution in [3.8, 4) is 0 Å². The number of aliphatic carboxylic acids is 1. The monoisotopic (exact) mass is 253 g/mol. The van der Waals surface area contributed by atoms with Crippen molar-refractivity contribution in [2.45, 2.75) is 20.3 Å². The summed E-state index contributed by atoms with van der Waals surface area (Å²) in [5, 5.41) is 8.49. The number of hydrogen-bond donors (Lipinski definition) is 1. The molecule has 7 heteroatoms. The van der Waals surface area contributed by atoms with E-state index in [0.717, 1.165) is 0 Å². The maximum absolute atomic E-state index is 11.7. The number of carbonyl (C=O) groups is 1. The molecule has 0 atom stereocenters. The van der Waals surface area contributed by atoms with Crippen LogP contribution in [0.4, 0.5) is 0 Å². The molecule has 0 fully saturated rings. The average molecular weight is 253 g/mol. The summed E-state index contributed by atoms with van der Waals surface area (Å²) in [5.74, 6) is -1.10. The quantitative estimate of drug-likeness (QED) is 0.591. The Bertz CT molecular complexity index is 301. The van der Waals surface area contributed by atoms with Crippen molar-refractivity contribution in [1.82, 2.24) is 4.31 Å². The fourth-order valence-corrected chi connectivity index (χ4v) is 2.50. The lowest BCUT2D eigenvalue weighted by atomic mass is 10.4. The van der Waals surface area contributed by atoms with Gasteiger partial charge in [-0.2, -0.15) is 0 Å². The molecule has 0 amide bonds. The molecule has 0 aromatic heterocycles. The molecule has 0 radical (unpaired) electrons. The minimum Gasteiger partial charge on any atom is -0.481 e. The zero-order valence-electron chi connectivity index (χ0n) is 9.68. The summed E-state index contributed by atoms with van der Waals surface area (Å²) in [6, 6.07) is 0. The highest BCUT2D eigenvalue weighted by molar-refractivity contribution is 7.89. The lowest BCUT2D eigenvalue weighted by molar-refractivity contribution is -0.137. The molecule has 0 heterocycles. The van der Waals surface area contributed by atoms with E-state index in [1.165, 1.54) is 4.31 Å². The summed E-state index contributed by atoms with van der Waals surface area (Å²) in [6.45, 7) is 4.37. The van der Waals surface area contributed by atoms with Crippen LogP contribution in [-0.2, 0) is 19.6 Å². The van der Waals surface area contributed by atoms with Crippen LogP contribution in [0, 0.1) is 0 Å². The van der Waals surface area contributed by atoms with E-state index in [1.54, 1.807) is 13.8 Å². The second kappa shape index (κ2) is 7.59. The first-order valence-electron chi connectivity index (χ1n) is 5.21. The molecule has 16 heavy (non-hydrogen) atoms. The van der Waals surface area contributed by atoms with Gasteiger partial charge in [0.05, 0.1) is 18.8 Å². The van der Waals surface area contributed by atoms with Crippen LogP contribution in [0.5, 0.6) is 0 Å². The van der Waals surface area contributed by atoms with Crippen LogP contribution >= 0.6 is 0 Å². The minimum absolute atomic E-state index is 0.0142. The van der Waals surface area contributed by atoms with Gasteiger partial charge in [-0.25, -0.2) is 12.7 Å². The van der Waals surface area contributed by atoms with Crippen molar-refractivity contribution in [3.05, 3.63) is 0 Å². The number of hydrogen-bond acceptors (Lipinski definition) is 4. The van der Waals surface area contributed by atoms with E-state index in [2.05, 4.69) is 0 Å². The van der Waals surface area contributed by atoms with Crippen LogP contribution in [-0.4, -0.2) is 55.9 Å². The van der Waals surface area contributed by atoms with Crippen LogP contribution in [0.3, 0.4) is 0 Å². The maximum atomic E-state index is 11.7. The van der Waals surface area contributed by atoms with Gasteiger partial charge < -0.3 is 9.84 Å². The molecule has 0 rings (SSSR count). The van der Waals surface area contributed by atoms with Gasteiger partial charge in [0, 0.05) is 19.7 Å². The summed E-state index contributed by atoms with van der Waals surface area (Å²) < 4.78 is 29.5. The molecule has 0 bridgehead atoms. The standard InChI is InChI=1S/C9H19NO5S/c1-3-10(6-5-9(11)12)16(13,14)8-7-15-4-2/h3-8H2,1-2H3,(H,11,12). The molecule has 0 aromatic rings. The van der Waals surface area contributed by atoms with Crippen LogP contribution in [0.2, 0.25) is 0 Å². The Morgan fingerprint density at radius 3 is 2.44 bits per heavy atom. The Morgan fingerprint density at radius 1 is 1.38 bits per heavy atom. The highest BCUT2D eigenvalue weighted by atomic mass is 32.2. The third kappa shape index (κ3) is 6.04. The molecule has 0 aliphatic heterocycles. The number of nitrogens with zero attached hydrogens (tertiary/aromatic N) is 1. The van der Waals surface area contributed by atoms with Crippen molar-refractivity contribution in [1.29, 1.82) is 0 Å². The zero-order chi connectivity index (χ0) is 12.6. The third-order valence-electron chi connectivity index (χ3n) is 2.01. The molecule has 0 spiro atoms. The Balaban J connectivity index is 4.25. The molecule has 1 N–H and O–H groups in total. The lowest BCUT2D eigenvalue weighted by Gasteiger charge is -2.19. The van der Waals surface area contributed by atoms with Gasteiger partial charge in [-0.05, 0) is 6.92 Å². The Hall–Kier alpha value is -0.660.